The predicted molar refractivity (Wildman–Crippen MR) is 115 cm³/mol. The summed E-state index contributed by atoms with van der Waals surface area (Å²) in [6.07, 6.45) is 3.34. The maximum absolute atomic E-state index is 13.4. The molecule has 1 aromatic carbocycles. The minimum atomic E-state index is -0.236. The normalized spacial score (nSPS) is 11.3. The Balaban J connectivity index is 1.66. The van der Waals surface area contributed by atoms with E-state index in [1.807, 2.05) is 51.2 Å². The molecular weight excluding hydrogens is 378 g/mol. The van der Waals surface area contributed by atoms with Crippen molar-refractivity contribution in [2.75, 3.05) is 5.32 Å². The SMILES string of the molecule is Cc1ccc(NC(=O)c2cc(-c3ccco3)nc3c2c(C)nn3C)c2cccnc12. The van der Waals surface area contributed by atoms with Gasteiger partial charge in [0.1, 0.15) is 5.69 Å². The van der Waals surface area contributed by atoms with Gasteiger partial charge in [-0.15, -0.1) is 0 Å². The fourth-order valence-electron chi connectivity index (χ4n) is 3.79. The van der Waals surface area contributed by atoms with Crippen LogP contribution >= 0.6 is 0 Å². The summed E-state index contributed by atoms with van der Waals surface area (Å²) in [4.78, 5) is 22.5. The Morgan fingerprint density at radius 3 is 2.80 bits per heavy atom. The molecule has 30 heavy (non-hydrogen) atoms. The number of benzene rings is 1. The van der Waals surface area contributed by atoms with Gasteiger partial charge in [-0.25, -0.2) is 4.98 Å². The van der Waals surface area contributed by atoms with Gasteiger partial charge in [0.15, 0.2) is 11.4 Å². The summed E-state index contributed by atoms with van der Waals surface area (Å²) < 4.78 is 7.19. The molecule has 0 atom stereocenters. The van der Waals surface area contributed by atoms with Crippen LogP contribution in [0, 0.1) is 13.8 Å². The van der Waals surface area contributed by atoms with Crippen LogP contribution < -0.4 is 5.32 Å². The summed E-state index contributed by atoms with van der Waals surface area (Å²) >= 11 is 0. The minimum Gasteiger partial charge on any atom is -0.463 e. The molecule has 0 fully saturated rings. The van der Waals surface area contributed by atoms with Crippen molar-refractivity contribution in [3.8, 4) is 11.5 Å². The molecule has 0 bridgehead atoms. The number of furan rings is 1. The second kappa shape index (κ2) is 6.81. The highest BCUT2D eigenvalue weighted by atomic mass is 16.3. The van der Waals surface area contributed by atoms with Crippen molar-refractivity contribution in [2.45, 2.75) is 13.8 Å². The molecule has 0 aliphatic heterocycles. The van der Waals surface area contributed by atoms with Crippen molar-refractivity contribution in [3.63, 3.8) is 0 Å². The number of fused-ring (bicyclic) bond motifs is 2. The van der Waals surface area contributed by atoms with E-state index < -0.39 is 0 Å². The van der Waals surface area contributed by atoms with Gasteiger partial charge in [0.2, 0.25) is 0 Å². The zero-order chi connectivity index (χ0) is 20.8. The van der Waals surface area contributed by atoms with Crippen molar-refractivity contribution in [3.05, 3.63) is 71.7 Å². The third kappa shape index (κ3) is 2.83. The smallest absolute Gasteiger partial charge is 0.256 e. The van der Waals surface area contributed by atoms with Crippen LogP contribution in [0.2, 0.25) is 0 Å². The molecule has 5 aromatic rings. The van der Waals surface area contributed by atoms with Crippen LogP contribution in [0.3, 0.4) is 0 Å². The average molecular weight is 397 g/mol. The van der Waals surface area contributed by atoms with Crippen molar-refractivity contribution >= 4 is 33.5 Å². The molecule has 1 amide bonds. The summed E-state index contributed by atoms with van der Waals surface area (Å²) in [5.74, 6) is 0.357. The van der Waals surface area contributed by atoms with Gasteiger partial charge in [-0.3, -0.25) is 14.5 Å². The third-order valence-corrected chi connectivity index (χ3v) is 5.21. The van der Waals surface area contributed by atoms with Crippen LogP contribution in [0.15, 0.2) is 59.3 Å². The zero-order valence-corrected chi connectivity index (χ0v) is 16.8. The fraction of sp³-hybridized carbons (Fsp3) is 0.130. The van der Waals surface area contributed by atoms with Crippen LogP contribution in [0.5, 0.6) is 0 Å². The summed E-state index contributed by atoms with van der Waals surface area (Å²) in [5.41, 5.74) is 5.07. The molecule has 4 aromatic heterocycles. The van der Waals surface area contributed by atoms with E-state index in [4.69, 9.17) is 4.42 Å². The molecule has 5 rings (SSSR count). The van der Waals surface area contributed by atoms with E-state index in [2.05, 4.69) is 20.4 Å². The number of nitrogens with zero attached hydrogens (tertiary/aromatic N) is 4. The Labute approximate surface area is 172 Å². The molecule has 7 nitrogen and oxygen atoms in total. The standard InChI is InChI=1S/C23H19N5O2/c1-13-8-9-17(15-6-4-10-24-21(13)15)26-23(29)16-12-18(19-7-5-11-30-19)25-22-20(16)14(2)27-28(22)3/h4-12H,1-3H3,(H,26,29). The fourth-order valence-corrected chi connectivity index (χ4v) is 3.79. The first-order valence-corrected chi connectivity index (χ1v) is 9.57. The van der Waals surface area contributed by atoms with Crippen LogP contribution in [0.1, 0.15) is 21.6 Å². The highest BCUT2D eigenvalue weighted by molar-refractivity contribution is 6.15. The van der Waals surface area contributed by atoms with E-state index in [1.165, 1.54) is 0 Å². The molecule has 0 saturated carbocycles. The lowest BCUT2D eigenvalue weighted by molar-refractivity contribution is 0.102. The van der Waals surface area contributed by atoms with Gasteiger partial charge in [-0.1, -0.05) is 6.07 Å². The summed E-state index contributed by atoms with van der Waals surface area (Å²) in [6, 6.07) is 13.0. The van der Waals surface area contributed by atoms with E-state index in [0.29, 0.717) is 28.4 Å². The number of amides is 1. The molecule has 0 unspecified atom stereocenters. The minimum absolute atomic E-state index is 0.236. The van der Waals surface area contributed by atoms with Gasteiger partial charge >= 0.3 is 0 Å². The first-order valence-electron chi connectivity index (χ1n) is 9.57. The highest BCUT2D eigenvalue weighted by Crippen LogP contribution is 2.29. The number of nitrogens with one attached hydrogen (secondary N) is 1. The van der Waals surface area contributed by atoms with Crippen LogP contribution in [-0.2, 0) is 7.05 Å². The number of rotatable bonds is 3. The van der Waals surface area contributed by atoms with E-state index in [9.17, 15) is 4.79 Å². The quantitative estimate of drug-likeness (QED) is 0.479. The van der Waals surface area contributed by atoms with E-state index in [1.54, 1.807) is 29.3 Å². The van der Waals surface area contributed by atoms with Crippen LogP contribution in [-0.4, -0.2) is 25.7 Å². The van der Waals surface area contributed by atoms with Gasteiger partial charge in [0.05, 0.1) is 34.1 Å². The molecule has 0 radical (unpaired) electrons. The first-order chi connectivity index (χ1) is 14.5. The van der Waals surface area contributed by atoms with Crippen LogP contribution in [0.4, 0.5) is 5.69 Å². The molecule has 0 spiro atoms. The number of carbonyl (C=O) groups excluding carboxylic acids is 1. The number of anilines is 1. The van der Waals surface area contributed by atoms with Crippen molar-refractivity contribution in [1.82, 2.24) is 19.7 Å². The molecule has 1 N–H and O–H groups in total. The van der Waals surface area contributed by atoms with E-state index in [-0.39, 0.29) is 5.91 Å². The molecule has 7 heteroatoms. The number of aromatic nitrogens is 4. The zero-order valence-electron chi connectivity index (χ0n) is 16.8. The Bertz CT molecular complexity index is 1420. The second-order valence-electron chi connectivity index (χ2n) is 7.22. The Hall–Kier alpha value is -4.00. The van der Waals surface area contributed by atoms with Crippen molar-refractivity contribution in [1.29, 1.82) is 0 Å². The topological polar surface area (TPSA) is 85.8 Å². The molecule has 4 heterocycles. The number of pyridine rings is 2. The lowest BCUT2D eigenvalue weighted by atomic mass is 10.1. The van der Waals surface area contributed by atoms with Crippen molar-refractivity contribution < 1.29 is 9.21 Å². The largest absolute Gasteiger partial charge is 0.463 e. The molecule has 0 aliphatic carbocycles. The molecular formula is C23H19N5O2. The van der Waals surface area contributed by atoms with Crippen LogP contribution in [0.25, 0.3) is 33.4 Å². The average Bonchev–Trinajstić information content (AvgIpc) is 3.38. The maximum atomic E-state index is 13.4. The maximum Gasteiger partial charge on any atom is 0.256 e. The molecule has 0 saturated heterocycles. The Morgan fingerprint density at radius 1 is 1.13 bits per heavy atom. The van der Waals surface area contributed by atoms with Crippen molar-refractivity contribution in [2.24, 2.45) is 7.05 Å². The number of hydrogen-bond donors (Lipinski definition) is 1. The lowest BCUT2D eigenvalue weighted by Gasteiger charge is -2.11. The number of aryl methyl sites for hydroxylation is 3. The van der Waals surface area contributed by atoms with E-state index >= 15 is 0 Å². The molecule has 0 aliphatic rings. The van der Waals surface area contributed by atoms with Gasteiger partial charge in [-0.05, 0) is 55.8 Å². The molecule has 148 valence electrons. The monoisotopic (exact) mass is 397 g/mol. The van der Waals surface area contributed by atoms with Gasteiger partial charge in [-0.2, -0.15) is 5.10 Å². The van der Waals surface area contributed by atoms with Gasteiger partial charge in [0, 0.05) is 18.6 Å². The summed E-state index contributed by atoms with van der Waals surface area (Å²) in [5, 5.41) is 9.13. The Morgan fingerprint density at radius 2 is 2.00 bits per heavy atom. The lowest BCUT2D eigenvalue weighted by Crippen LogP contribution is -2.14. The Kier molecular flexibility index (Phi) is 4.10. The third-order valence-electron chi connectivity index (χ3n) is 5.21. The highest BCUT2D eigenvalue weighted by Gasteiger charge is 2.21. The first kappa shape index (κ1) is 18.1. The predicted octanol–water partition coefficient (Wildman–Crippen LogP) is 4.65. The second-order valence-corrected chi connectivity index (χ2v) is 7.22. The number of carbonyl (C=O) groups is 1. The van der Waals surface area contributed by atoms with Gasteiger partial charge in [0.25, 0.3) is 5.91 Å². The number of hydrogen-bond acceptors (Lipinski definition) is 5. The summed E-state index contributed by atoms with van der Waals surface area (Å²) in [6.45, 7) is 3.88. The van der Waals surface area contributed by atoms with Gasteiger partial charge < -0.3 is 9.73 Å². The van der Waals surface area contributed by atoms with E-state index in [0.717, 1.165) is 27.5 Å². The summed E-state index contributed by atoms with van der Waals surface area (Å²) in [7, 11) is 1.81.